The molecule has 1 aromatic rings. The summed E-state index contributed by atoms with van der Waals surface area (Å²) < 4.78 is 11.3. The number of halogens is 1. The molecular formula is C21H35IN4O2. The lowest BCUT2D eigenvalue weighted by molar-refractivity contribution is 0.0200. The van der Waals surface area contributed by atoms with Gasteiger partial charge in [0, 0.05) is 38.0 Å². The van der Waals surface area contributed by atoms with Gasteiger partial charge in [-0.1, -0.05) is 18.2 Å². The van der Waals surface area contributed by atoms with Crippen LogP contribution in [0.3, 0.4) is 0 Å². The van der Waals surface area contributed by atoms with E-state index in [1.807, 2.05) is 0 Å². The van der Waals surface area contributed by atoms with Crippen molar-refractivity contribution in [2.75, 3.05) is 50.9 Å². The van der Waals surface area contributed by atoms with Crippen molar-refractivity contribution in [3.63, 3.8) is 0 Å². The zero-order valence-electron chi connectivity index (χ0n) is 16.9. The van der Waals surface area contributed by atoms with Crippen LogP contribution in [0.25, 0.3) is 0 Å². The summed E-state index contributed by atoms with van der Waals surface area (Å²) in [5.41, 5.74) is 1.32. The Morgan fingerprint density at radius 3 is 2.68 bits per heavy atom. The molecule has 0 aliphatic carbocycles. The first-order valence-electron chi connectivity index (χ1n) is 10.4. The molecule has 1 unspecified atom stereocenters. The molecule has 0 bridgehead atoms. The molecule has 1 aromatic carbocycles. The molecule has 0 saturated carbocycles. The van der Waals surface area contributed by atoms with Gasteiger partial charge in [-0.15, -0.1) is 24.0 Å². The molecule has 2 aliphatic heterocycles. The summed E-state index contributed by atoms with van der Waals surface area (Å²) in [5, 5.41) is 6.94. The minimum absolute atomic E-state index is 0. The highest BCUT2D eigenvalue weighted by Gasteiger charge is 2.20. The Balaban J connectivity index is 0.00000280. The van der Waals surface area contributed by atoms with Gasteiger partial charge in [-0.25, -0.2) is 0 Å². The average molecular weight is 502 g/mol. The maximum atomic E-state index is 5.70. The summed E-state index contributed by atoms with van der Waals surface area (Å²) in [5.74, 6) is 0.899. The Labute approximate surface area is 186 Å². The molecule has 7 heteroatoms. The van der Waals surface area contributed by atoms with E-state index in [1.54, 1.807) is 0 Å². The number of para-hydroxylation sites is 1. The number of aliphatic imine (C=N–C) groups is 1. The molecule has 1 atom stereocenters. The van der Waals surface area contributed by atoms with E-state index in [0.29, 0.717) is 25.8 Å². The maximum absolute atomic E-state index is 5.70. The third-order valence-electron chi connectivity index (χ3n) is 5.13. The summed E-state index contributed by atoms with van der Waals surface area (Å²) in [4.78, 5) is 7.12. The molecule has 158 valence electrons. The minimum Gasteiger partial charge on any atom is -0.377 e. The maximum Gasteiger partial charge on any atom is 0.191 e. The van der Waals surface area contributed by atoms with Gasteiger partial charge in [-0.3, -0.25) is 4.99 Å². The number of piperidine rings is 1. The number of nitrogens with one attached hydrogen (secondary N) is 2. The number of benzene rings is 1. The van der Waals surface area contributed by atoms with Gasteiger partial charge in [0.2, 0.25) is 0 Å². The first-order chi connectivity index (χ1) is 13.3. The molecular weight excluding hydrogens is 467 g/mol. The lowest BCUT2D eigenvalue weighted by Crippen LogP contribution is -2.48. The minimum atomic E-state index is 0. The highest BCUT2D eigenvalue weighted by Crippen LogP contribution is 2.19. The lowest BCUT2D eigenvalue weighted by atomic mass is 10.0. The van der Waals surface area contributed by atoms with Crippen molar-refractivity contribution >= 4 is 35.6 Å². The smallest absolute Gasteiger partial charge is 0.191 e. The van der Waals surface area contributed by atoms with Gasteiger partial charge in [0.05, 0.1) is 25.9 Å². The quantitative estimate of drug-likeness (QED) is 0.248. The molecule has 0 spiro atoms. The predicted molar refractivity (Wildman–Crippen MR) is 126 cm³/mol. The van der Waals surface area contributed by atoms with Crippen LogP contribution in [0.4, 0.5) is 5.69 Å². The third kappa shape index (κ3) is 7.75. The van der Waals surface area contributed by atoms with Crippen molar-refractivity contribution in [2.24, 2.45) is 4.99 Å². The van der Waals surface area contributed by atoms with Gasteiger partial charge in [0.1, 0.15) is 0 Å². The average Bonchev–Trinajstić information content (AvgIpc) is 3.23. The van der Waals surface area contributed by atoms with Crippen LogP contribution in [0.15, 0.2) is 35.3 Å². The molecule has 0 aromatic heterocycles. The molecule has 6 nitrogen and oxygen atoms in total. The Morgan fingerprint density at radius 1 is 1.21 bits per heavy atom. The summed E-state index contributed by atoms with van der Waals surface area (Å²) in [6.07, 6.45) is 4.80. The predicted octanol–water partition coefficient (Wildman–Crippen LogP) is 3.02. The summed E-state index contributed by atoms with van der Waals surface area (Å²) in [6.45, 7) is 8.00. The number of anilines is 1. The van der Waals surface area contributed by atoms with Crippen LogP contribution in [-0.2, 0) is 9.47 Å². The molecule has 2 fully saturated rings. The van der Waals surface area contributed by atoms with E-state index in [4.69, 9.17) is 9.47 Å². The van der Waals surface area contributed by atoms with Crippen molar-refractivity contribution in [1.82, 2.24) is 10.6 Å². The normalized spacial score (nSPS) is 20.7. The van der Waals surface area contributed by atoms with Gasteiger partial charge >= 0.3 is 0 Å². The van der Waals surface area contributed by atoms with Crippen molar-refractivity contribution in [3.8, 4) is 0 Å². The van der Waals surface area contributed by atoms with Crippen LogP contribution < -0.4 is 15.5 Å². The van der Waals surface area contributed by atoms with E-state index in [-0.39, 0.29) is 30.1 Å². The van der Waals surface area contributed by atoms with Crippen LogP contribution in [0.1, 0.15) is 32.6 Å². The molecule has 2 saturated heterocycles. The lowest BCUT2D eigenvalue weighted by Gasteiger charge is -2.34. The molecule has 0 amide bonds. The monoisotopic (exact) mass is 502 g/mol. The molecule has 2 aliphatic rings. The Hall–Kier alpha value is -1.06. The molecule has 3 rings (SSSR count). The van der Waals surface area contributed by atoms with Gasteiger partial charge in [0.25, 0.3) is 0 Å². The zero-order valence-corrected chi connectivity index (χ0v) is 19.3. The van der Waals surface area contributed by atoms with Gasteiger partial charge in [0.15, 0.2) is 5.96 Å². The Kier molecular flexibility index (Phi) is 11.0. The highest BCUT2D eigenvalue weighted by atomic mass is 127. The first-order valence-corrected chi connectivity index (χ1v) is 10.4. The molecule has 2 heterocycles. The van der Waals surface area contributed by atoms with E-state index >= 15 is 0 Å². The van der Waals surface area contributed by atoms with Crippen LogP contribution in [-0.4, -0.2) is 64.1 Å². The van der Waals surface area contributed by atoms with Crippen LogP contribution in [0.5, 0.6) is 0 Å². The van der Waals surface area contributed by atoms with E-state index in [0.717, 1.165) is 57.9 Å². The number of guanidine groups is 1. The second kappa shape index (κ2) is 13.2. The van der Waals surface area contributed by atoms with E-state index in [9.17, 15) is 0 Å². The van der Waals surface area contributed by atoms with Gasteiger partial charge < -0.3 is 25.0 Å². The fourth-order valence-electron chi connectivity index (χ4n) is 3.65. The number of nitrogens with zero attached hydrogens (tertiary/aromatic N) is 2. The standard InChI is InChI=1S/C21H34N4O2.HI/c1-2-22-21(23-12-16-26-17-20-9-6-15-27-20)24-18-10-13-25(14-11-18)19-7-4-3-5-8-19;/h3-5,7-8,18,20H,2,6,9-17H2,1H3,(H2,22,23,24);1H. The van der Waals surface area contributed by atoms with Crippen LogP contribution in [0.2, 0.25) is 0 Å². The Morgan fingerprint density at radius 2 is 2.00 bits per heavy atom. The molecule has 28 heavy (non-hydrogen) atoms. The van der Waals surface area contributed by atoms with Gasteiger partial charge in [-0.05, 0) is 44.7 Å². The highest BCUT2D eigenvalue weighted by molar-refractivity contribution is 14.0. The second-order valence-corrected chi connectivity index (χ2v) is 7.21. The molecule has 0 radical (unpaired) electrons. The SMILES string of the molecule is CCNC(=NCCOCC1CCCO1)NC1CCN(c2ccccc2)CC1.I. The van der Waals surface area contributed by atoms with Crippen molar-refractivity contribution in [1.29, 1.82) is 0 Å². The van der Waals surface area contributed by atoms with Crippen LogP contribution in [0, 0.1) is 0 Å². The number of hydrogen-bond acceptors (Lipinski definition) is 4. The zero-order chi connectivity index (χ0) is 18.7. The van der Waals surface area contributed by atoms with E-state index < -0.39 is 0 Å². The number of rotatable bonds is 8. The van der Waals surface area contributed by atoms with Crippen LogP contribution >= 0.6 is 24.0 Å². The topological polar surface area (TPSA) is 58.1 Å². The fraction of sp³-hybridized carbons (Fsp3) is 0.667. The molecule has 2 N–H and O–H groups in total. The van der Waals surface area contributed by atoms with E-state index in [1.165, 1.54) is 5.69 Å². The summed E-state index contributed by atoms with van der Waals surface area (Å²) in [6, 6.07) is 11.1. The summed E-state index contributed by atoms with van der Waals surface area (Å²) >= 11 is 0. The fourth-order valence-corrected chi connectivity index (χ4v) is 3.65. The van der Waals surface area contributed by atoms with Gasteiger partial charge in [-0.2, -0.15) is 0 Å². The third-order valence-corrected chi connectivity index (χ3v) is 5.13. The second-order valence-electron chi connectivity index (χ2n) is 7.21. The van der Waals surface area contributed by atoms with Crippen molar-refractivity contribution < 1.29 is 9.47 Å². The van der Waals surface area contributed by atoms with Crippen molar-refractivity contribution in [2.45, 2.75) is 44.8 Å². The van der Waals surface area contributed by atoms with E-state index in [2.05, 4.69) is 57.8 Å². The Bertz CT molecular complexity index is 559. The summed E-state index contributed by atoms with van der Waals surface area (Å²) in [7, 11) is 0. The van der Waals surface area contributed by atoms with Crippen molar-refractivity contribution in [3.05, 3.63) is 30.3 Å². The largest absolute Gasteiger partial charge is 0.377 e. The number of ether oxygens (including phenoxy) is 2. The first kappa shape index (κ1) is 23.2. The number of hydrogen-bond donors (Lipinski definition) is 2.